The minimum absolute atomic E-state index is 0.165. The average molecular weight is 214 g/mol. The van der Waals surface area contributed by atoms with Crippen LogP contribution in [0.4, 0.5) is 0 Å². The first-order valence-corrected chi connectivity index (χ1v) is 4.81. The van der Waals surface area contributed by atoms with E-state index in [1.807, 2.05) is 19.0 Å². The molecule has 0 amide bonds. The fraction of sp³-hybridized carbons (Fsp3) is 0.778. The molecule has 0 aromatic carbocycles. The highest BCUT2D eigenvalue weighted by molar-refractivity contribution is 4.92. The molecule has 86 valence electrons. The highest BCUT2D eigenvalue weighted by atomic mass is 16.5. The third-order valence-electron chi connectivity index (χ3n) is 1.94. The van der Waals surface area contributed by atoms with Crippen LogP contribution in [0.5, 0.6) is 0 Å². The Morgan fingerprint density at radius 3 is 2.73 bits per heavy atom. The van der Waals surface area contributed by atoms with Crippen molar-refractivity contribution in [2.24, 2.45) is 5.73 Å². The molecule has 0 fully saturated rings. The fourth-order valence-electron chi connectivity index (χ4n) is 1.11. The quantitative estimate of drug-likeness (QED) is 0.679. The standard InChI is InChI=1S/C9H18N4O2/c1-9(14,6-10)4-8-11-7(12-15-8)5-13(2)3/h14H,4-6,10H2,1-3H3. The third-order valence-corrected chi connectivity index (χ3v) is 1.94. The topological polar surface area (TPSA) is 88.4 Å². The van der Waals surface area contributed by atoms with E-state index in [-0.39, 0.29) is 13.0 Å². The van der Waals surface area contributed by atoms with Crippen LogP contribution in [0.25, 0.3) is 0 Å². The van der Waals surface area contributed by atoms with Gasteiger partial charge in [0.05, 0.1) is 18.6 Å². The van der Waals surface area contributed by atoms with E-state index in [2.05, 4.69) is 10.1 Å². The van der Waals surface area contributed by atoms with E-state index in [0.29, 0.717) is 18.3 Å². The smallest absolute Gasteiger partial charge is 0.229 e. The summed E-state index contributed by atoms with van der Waals surface area (Å²) < 4.78 is 5.00. The number of nitrogens with zero attached hydrogens (tertiary/aromatic N) is 3. The Kier molecular flexibility index (Phi) is 3.78. The minimum atomic E-state index is -0.984. The van der Waals surface area contributed by atoms with Crippen molar-refractivity contribution < 1.29 is 9.63 Å². The van der Waals surface area contributed by atoms with Crippen molar-refractivity contribution in [3.63, 3.8) is 0 Å². The highest BCUT2D eigenvalue weighted by Crippen LogP contribution is 2.10. The molecule has 3 N–H and O–H groups in total. The van der Waals surface area contributed by atoms with Gasteiger partial charge in [-0.3, -0.25) is 0 Å². The molecule has 0 spiro atoms. The van der Waals surface area contributed by atoms with Crippen LogP contribution >= 0.6 is 0 Å². The maximum Gasteiger partial charge on any atom is 0.229 e. The summed E-state index contributed by atoms with van der Waals surface area (Å²) in [6.45, 7) is 2.43. The number of rotatable bonds is 5. The van der Waals surface area contributed by atoms with Crippen LogP contribution in [0.2, 0.25) is 0 Å². The summed E-state index contributed by atoms with van der Waals surface area (Å²) in [5.74, 6) is 1.03. The number of hydrogen-bond acceptors (Lipinski definition) is 6. The van der Waals surface area contributed by atoms with Gasteiger partial charge < -0.3 is 20.3 Å². The number of hydrogen-bond donors (Lipinski definition) is 2. The molecular formula is C9H18N4O2. The van der Waals surface area contributed by atoms with Gasteiger partial charge in [0.1, 0.15) is 0 Å². The molecule has 0 bridgehead atoms. The second-order valence-electron chi connectivity index (χ2n) is 4.22. The summed E-state index contributed by atoms with van der Waals surface area (Å²) in [4.78, 5) is 6.09. The van der Waals surface area contributed by atoms with Gasteiger partial charge in [-0.15, -0.1) is 0 Å². The zero-order valence-corrected chi connectivity index (χ0v) is 9.40. The van der Waals surface area contributed by atoms with E-state index in [0.717, 1.165) is 0 Å². The second-order valence-corrected chi connectivity index (χ2v) is 4.22. The molecular weight excluding hydrogens is 196 g/mol. The van der Waals surface area contributed by atoms with Gasteiger partial charge >= 0.3 is 0 Å². The maximum absolute atomic E-state index is 9.70. The van der Waals surface area contributed by atoms with Gasteiger partial charge in [-0.1, -0.05) is 5.16 Å². The van der Waals surface area contributed by atoms with E-state index in [1.54, 1.807) is 6.92 Å². The first-order chi connectivity index (χ1) is 6.93. The van der Waals surface area contributed by atoms with Gasteiger partial charge in [-0.2, -0.15) is 4.98 Å². The van der Waals surface area contributed by atoms with Crippen LogP contribution in [0.3, 0.4) is 0 Å². The molecule has 0 aliphatic carbocycles. The van der Waals surface area contributed by atoms with Crippen molar-refractivity contribution in [3.05, 3.63) is 11.7 Å². The van der Waals surface area contributed by atoms with E-state index in [9.17, 15) is 5.11 Å². The van der Waals surface area contributed by atoms with Crippen molar-refractivity contribution in [2.75, 3.05) is 20.6 Å². The fourth-order valence-corrected chi connectivity index (χ4v) is 1.11. The Bertz CT molecular complexity index is 309. The molecule has 1 unspecified atom stereocenters. The molecule has 0 radical (unpaired) electrons. The van der Waals surface area contributed by atoms with Crippen LogP contribution in [0.1, 0.15) is 18.6 Å². The molecule has 1 aromatic heterocycles. The lowest BCUT2D eigenvalue weighted by molar-refractivity contribution is 0.0610. The molecule has 0 saturated carbocycles. The zero-order chi connectivity index (χ0) is 11.5. The van der Waals surface area contributed by atoms with Crippen LogP contribution in [0.15, 0.2) is 4.52 Å². The van der Waals surface area contributed by atoms with E-state index < -0.39 is 5.60 Å². The van der Waals surface area contributed by atoms with Crippen molar-refractivity contribution in [1.29, 1.82) is 0 Å². The predicted octanol–water partition coefficient (Wildman–Crippen LogP) is -0.617. The monoisotopic (exact) mass is 214 g/mol. The normalized spacial score (nSPS) is 15.6. The highest BCUT2D eigenvalue weighted by Gasteiger charge is 2.22. The Morgan fingerprint density at radius 2 is 2.20 bits per heavy atom. The van der Waals surface area contributed by atoms with Crippen molar-refractivity contribution in [2.45, 2.75) is 25.5 Å². The number of nitrogens with two attached hydrogens (primary N) is 1. The first kappa shape index (κ1) is 12.1. The zero-order valence-electron chi connectivity index (χ0n) is 9.40. The van der Waals surface area contributed by atoms with Crippen LogP contribution in [-0.4, -0.2) is 46.4 Å². The Balaban J connectivity index is 2.60. The largest absolute Gasteiger partial charge is 0.388 e. The molecule has 6 heteroatoms. The minimum Gasteiger partial charge on any atom is -0.388 e. The third kappa shape index (κ3) is 3.94. The van der Waals surface area contributed by atoms with E-state index in [1.165, 1.54) is 0 Å². The van der Waals surface area contributed by atoms with Crippen LogP contribution in [0, 0.1) is 0 Å². The molecule has 1 atom stereocenters. The van der Waals surface area contributed by atoms with Gasteiger partial charge in [0.15, 0.2) is 5.82 Å². The lowest BCUT2D eigenvalue weighted by atomic mass is 10.0. The molecule has 1 aromatic rings. The number of aliphatic hydroxyl groups is 1. The Hall–Kier alpha value is -0.980. The lowest BCUT2D eigenvalue weighted by Crippen LogP contribution is -2.36. The van der Waals surface area contributed by atoms with Crippen molar-refractivity contribution in [1.82, 2.24) is 15.0 Å². The molecule has 1 rings (SSSR count). The number of aromatic nitrogens is 2. The lowest BCUT2D eigenvalue weighted by Gasteiger charge is -2.17. The summed E-state index contributed by atoms with van der Waals surface area (Å²) in [5, 5.41) is 13.5. The van der Waals surface area contributed by atoms with Gasteiger partial charge in [0.25, 0.3) is 0 Å². The summed E-state index contributed by atoms with van der Waals surface area (Å²) in [6, 6.07) is 0. The van der Waals surface area contributed by atoms with E-state index in [4.69, 9.17) is 10.3 Å². The van der Waals surface area contributed by atoms with Gasteiger partial charge in [0, 0.05) is 6.54 Å². The SMILES string of the molecule is CN(C)Cc1noc(CC(C)(O)CN)n1. The Labute approximate surface area is 89.1 Å². The van der Waals surface area contributed by atoms with Crippen molar-refractivity contribution in [3.8, 4) is 0 Å². The van der Waals surface area contributed by atoms with E-state index >= 15 is 0 Å². The molecule has 0 aliphatic heterocycles. The second kappa shape index (κ2) is 4.69. The van der Waals surface area contributed by atoms with Crippen molar-refractivity contribution >= 4 is 0 Å². The summed E-state index contributed by atoms with van der Waals surface area (Å²) in [7, 11) is 3.85. The molecule has 0 saturated heterocycles. The summed E-state index contributed by atoms with van der Waals surface area (Å²) in [6.07, 6.45) is 0.282. The van der Waals surface area contributed by atoms with Crippen LogP contribution < -0.4 is 5.73 Å². The molecule has 6 nitrogen and oxygen atoms in total. The summed E-state index contributed by atoms with van der Waals surface area (Å²) in [5.41, 5.74) is 4.41. The van der Waals surface area contributed by atoms with Crippen LogP contribution in [-0.2, 0) is 13.0 Å². The Morgan fingerprint density at radius 1 is 1.53 bits per heavy atom. The van der Waals surface area contributed by atoms with Gasteiger partial charge in [0.2, 0.25) is 5.89 Å². The van der Waals surface area contributed by atoms with Gasteiger partial charge in [-0.25, -0.2) is 0 Å². The van der Waals surface area contributed by atoms with Gasteiger partial charge in [-0.05, 0) is 21.0 Å². The molecule has 15 heavy (non-hydrogen) atoms. The summed E-state index contributed by atoms with van der Waals surface area (Å²) >= 11 is 0. The predicted molar refractivity (Wildman–Crippen MR) is 55.1 cm³/mol. The molecule has 1 heterocycles. The maximum atomic E-state index is 9.70. The molecule has 0 aliphatic rings. The average Bonchev–Trinajstić information content (AvgIpc) is 2.50. The first-order valence-electron chi connectivity index (χ1n) is 4.81.